The lowest BCUT2D eigenvalue weighted by Crippen LogP contribution is -2.18. The van der Waals surface area contributed by atoms with E-state index in [0.29, 0.717) is 6.54 Å². The van der Waals surface area contributed by atoms with Gasteiger partial charge in [0, 0.05) is 6.54 Å². The number of imidazole rings is 1. The summed E-state index contributed by atoms with van der Waals surface area (Å²) in [6.45, 7) is 2.41. The first-order valence-corrected chi connectivity index (χ1v) is 8.87. The van der Waals surface area contributed by atoms with Crippen molar-refractivity contribution >= 4 is 31.5 Å². The zero-order chi connectivity index (χ0) is 15.7. The van der Waals surface area contributed by atoms with Crippen LogP contribution in [0.15, 0.2) is 35.4 Å². The first kappa shape index (κ1) is 14.9. The van der Waals surface area contributed by atoms with Crippen molar-refractivity contribution in [1.29, 1.82) is 0 Å². The van der Waals surface area contributed by atoms with Gasteiger partial charge in [0.05, 0.1) is 16.8 Å². The molecule has 0 aliphatic heterocycles. The van der Waals surface area contributed by atoms with Crippen molar-refractivity contribution in [2.45, 2.75) is 18.4 Å². The molecule has 0 amide bonds. The molecule has 2 N–H and O–H groups in total. The second kappa shape index (κ2) is 5.67. The van der Waals surface area contributed by atoms with Crippen LogP contribution in [0.4, 0.5) is 5.13 Å². The minimum absolute atomic E-state index is 0.249. The highest BCUT2D eigenvalue weighted by Gasteiger charge is 2.11. The molecule has 3 aromatic rings. The SMILES string of the molecule is CNS(=O)(=O)c1cccc(CNc2nn3cc(C)nc3s2)c1. The van der Waals surface area contributed by atoms with Gasteiger partial charge in [-0.05, 0) is 31.7 Å². The molecule has 0 atom stereocenters. The van der Waals surface area contributed by atoms with Gasteiger partial charge in [-0.1, -0.05) is 23.5 Å². The summed E-state index contributed by atoms with van der Waals surface area (Å²) in [6, 6.07) is 6.79. The number of aryl methyl sites for hydroxylation is 1. The normalized spacial score (nSPS) is 11.9. The first-order valence-electron chi connectivity index (χ1n) is 6.57. The van der Waals surface area contributed by atoms with Gasteiger partial charge < -0.3 is 5.32 Å². The third kappa shape index (κ3) is 2.96. The minimum atomic E-state index is -3.42. The second-order valence-corrected chi connectivity index (χ2v) is 7.57. The van der Waals surface area contributed by atoms with Gasteiger partial charge in [-0.25, -0.2) is 22.6 Å². The molecule has 0 spiro atoms. The van der Waals surface area contributed by atoms with Crippen LogP contribution in [0.25, 0.3) is 4.96 Å². The predicted molar refractivity (Wildman–Crippen MR) is 85.6 cm³/mol. The molecule has 0 fully saturated rings. The van der Waals surface area contributed by atoms with E-state index in [4.69, 9.17) is 0 Å². The fourth-order valence-corrected chi connectivity index (χ4v) is 3.62. The van der Waals surface area contributed by atoms with Gasteiger partial charge in [0.15, 0.2) is 0 Å². The van der Waals surface area contributed by atoms with Crippen molar-refractivity contribution < 1.29 is 8.42 Å². The van der Waals surface area contributed by atoms with Crippen LogP contribution in [0.2, 0.25) is 0 Å². The third-order valence-corrected chi connectivity index (χ3v) is 5.38. The van der Waals surface area contributed by atoms with E-state index in [1.165, 1.54) is 18.4 Å². The molecule has 0 saturated carbocycles. The summed E-state index contributed by atoms with van der Waals surface area (Å²) in [5.74, 6) is 0. The van der Waals surface area contributed by atoms with Crippen molar-refractivity contribution in [2.75, 3.05) is 12.4 Å². The molecule has 0 aliphatic carbocycles. The Hall–Kier alpha value is -1.97. The van der Waals surface area contributed by atoms with E-state index in [2.05, 4.69) is 20.1 Å². The molecule has 9 heteroatoms. The van der Waals surface area contributed by atoms with Gasteiger partial charge in [-0.2, -0.15) is 0 Å². The number of anilines is 1. The van der Waals surface area contributed by atoms with Crippen LogP contribution in [-0.4, -0.2) is 30.1 Å². The molecule has 22 heavy (non-hydrogen) atoms. The molecule has 0 bridgehead atoms. The smallest absolute Gasteiger partial charge is 0.240 e. The largest absolute Gasteiger partial charge is 0.356 e. The lowest BCUT2D eigenvalue weighted by Gasteiger charge is -2.06. The van der Waals surface area contributed by atoms with Gasteiger partial charge in [0.25, 0.3) is 0 Å². The second-order valence-electron chi connectivity index (χ2n) is 4.73. The predicted octanol–water partition coefficient (Wildman–Crippen LogP) is 1.62. The van der Waals surface area contributed by atoms with Crippen LogP contribution in [0, 0.1) is 6.92 Å². The Morgan fingerprint density at radius 2 is 2.18 bits per heavy atom. The minimum Gasteiger partial charge on any atom is -0.356 e. The zero-order valence-electron chi connectivity index (χ0n) is 12.1. The zero-order valence-corrected chi connectivity index (χ0v) is 13.7. The summed E-state index contributed by atoms with van der Waals surface area (Å²) in [6.07, 6.45) is 1.86. The van der Waals surface area contributed by atoms with E-state index in [-0.39, 0.29) is 4.90 Å². The summed E-state index contributed by atoms with van der Waals surface area (Å²) in [4.78, 5) is 5.41. The van der Waals surface area contributed by atoms with Gasteiger partial charge >= 0.3 is 0 Å². The van der Waals surface area contributed by atoms with Crippen molar-refractivity contribution in [3.8, 4) is 0 Å². The molecular formula is C13H15N5O2S2. The number of sulfonamides is 1. The number of nitrogens with one attached hydrogen (secondary N) is 2. The van der Waals surface area contributed by atoms with Crippen molar-refractivity contribution in [3.63, 3.8) is 0 Å². The fourth-order valence-electron chi connectivity index (χ4n) is 2.00. The number of nitrogens with zero attached hydrogens (tertiary/aromatic N) is 3. The van der Waals surface area contributed by atoms with Crippen LogP contribution in [0.3, 0.4) is 0 Å². The molecule has 0 saturated heterocycles. The maximum Gasteiger partial charge on any atom is 0.240 e. The van der Waals surface area contributed by atoms with Crippen molar-refractivity contribution in [3.05, 3.63) is 41.7 Å². The van der Waals surface area contributed by atoms with E-state index in [1.54, 1.807) is 22.7 Å². The van der Waals surface area contributed by atoms with Crippen LogP contribution >= 0.6 is 11.3 Å². The Kier molecular flexibility index (Phi) is 3.85. The van der Waals surface area contributed by atoms with Crippen LogP contribution in [0.5, 0.6) is 0 Å². The van der Waals surface area contributed by atoms with Gasteiger partial charge in [-0.15, -0.1) is 5.10 Å². The summed E-state index contributed by atoms with van der Waals surface area (Å²) in [5.41, 5.74) is 1.79. The Morgan fingerprint density at radius 3 is 2.91 bits per heavy atom. The number of hydrogen-bond acceptors (Lipinski definition) is 6. The number of aromatic nitrogens is 3. The van der Waals surface area contributed by atoms with Gasteiger partial charge in [0.2, 0.25) is 20.1 Å². The first-order chi connectivity index (χ1) is 10.5. The summed E-state index contributed by atoms with van der Waals surface area (Å²) >= 11 is 1.45. The average Bonchev–Trinajstić information content (AvgIpc) is 3.02. The molecule has 0 radical (unpaired) electrons. The highest BCUT2D eigenvalue weighted by atomic mass is 32.2. The summed E-state index contributed by atoms with van der Waals surface area (Å²) in [5, 5.41) is 8.29. The van der Waals surface area contributed by atoms with E-state index in [1.807, 2.05) is 19.2 Å². The van der Waals surface area contributed by atoms with Crippen molar-refractivity contribution in [1.82, 2.24) is 19.3 Å². The molecule has 2 heterocycles. The summed E-state index contributed by atoms with van der Waals surface area (Å²) in [7, 11) is -2.03. The van der Waals surface area contributed by atoms with Gasteiger partial charge in [0.1, 0.15) is 0 Å². The lowest BCUT2D eigenvalue weighted by atomic mass is 10.2. The standard InChI is InChI=1S/C13H15N5O2S2/c1-9-8-18-13(16-9)21-12(17-18)15-7-10-4-3-5-11(6-10)22(19,20)14-2/h3-6,8,14H,7H2,1-2H3,(H,15,17). The van der Waals surface area contributed by atoms with Crippen molar-refractivity contribution in [2.24, 2.45) is 0 Å². The monoisotopic (exact) mass is 337 g/mol. The third-order valence-electron chi connectivity index (χ3n) is 3.08. The van der Waals surface area contributed by atoms with E-state index >= 15 is 0 Å². The highest BCUT2D eigenvalue weighted by molar-refractivity contribution is 7.89. The Morgan fingerprint density at radius 1 is 1.36 bits per heavy atom. The molecular weight excluding hydrogens is 322 g/mol. The topological polar surface area (TPSA) is 88.4 Å². The maximum absolute atomic E-state index is 11.8. The molecule has 7 nitrogen and oxygen atoms in total. The Bertz CT molecular complexity index is 882. The lowest BCUT2D eigenvalue weighted by molar-refractivity contribution is 0.588. The molecule has 116 valence electrons. The molecule has 0 unspecified atom stereocenters. The molecule has 3 rings (SSSR count). The van der Waals surface area contributed by atoms with E-state index in [9.17, 15) is 8.42 Å². The summed E-state index contributed by atoms with van der Waals surface area (Å²) < 4.78 is 27.6. The van der Waals surface area contributed by atoms with Crippen LogP contribution in [0.1, 0.15) is 11.3 Å². The number of hydrogen-bond donors (Lipinski definition) is 2. The quantitative estimate of drug-likeness (QED) is 0.738. The van der Waals surface area contributed by atoms with Crippen LogP contribution < -0.4 is 10.0 Å². The maximum atomic E-state index is 11.8. The van der Waals surface area contributed by atoms with Gasteiger partial charge in [-0.3, -0.25) is 0 Å². The van der Waals surface area contributed by atoms with E-state index < -0.39 is 10.0 Å². The van der Waals surface area contributed by atoms with E-state index in [0.717, 1.165) is 21.3 Å². The van der Waals surface area contributed by atoms with Crippen LogP contribution in [-0.2, 0) is 16.6 Å². The molecule has 2 aromatic heterocycles. The molecule has 1 aromatic carbocycles. The number of benzene rings is 1. The number of rotatable bonds is 5. The Balaban J connectivity index is 1.76. The number of fused-ring (bicyclic) bond motifs is 1. The highest BCUT2D eigenvalue weighted by Crippen LogP contribution is 2.20. The average molecular weight is 337 g/mol. The Labute approximate surface area is 132 Å². The molecule has 0 aliphatic rings. The fraction of sp³-hybridized carbons (Fsp3) is 0.231.